The van der Waals surface area contributed by atoms with Crippen LogP contribution in [0.5, 0.6) is 5.75 Å². The van der Waals surface area contributed by atoms with E-state index in [2.05, 4.69) is 5.32 Å². The number of benzene rings is 2. The van der Waals surface area contributed by atoms with Gasteiger partial charge in [0.1, 0.15) is 5.75 Å². The van der Waals surface area contributed by atoms with Crippen molar-refractivity contribution in [3.05, 3.63) is 64.7 Å². The van der Waals surface area contributed by atoms with Gasteiger partial charge < -0.3 is 14.8 Å². The van der Waals surface area contributed by atoms with Gasteiger partial charge in [-0.1, -0.05) is 35.9 Å². The lowest BCUT2D eigenvalue weighted by Crippen LogP contribution is -2.30. The second kappa shape index (κ2) is 9.82. The van der Waals surface area contributed by atoms with Gasteiger partial charge in [0.05, 0.1) is 36.3 Å². The van der Waals surface area contributed by atoms with E-state index in [0.29, 0.717) is 17.2 Å². The van der Waals surface area contributed by atoms with E-state index in [-0.39, 0.29) is 24.9 Å². The molecule has 0 saturated heterocycles. The van der Waals surface area contributed by atoms with E-state index in [1.54, 1.807) is 43.3 Å². The molecule has 26 heavy (non-hydrogen) atoms. The number of halogens is 1. The van der Waals surface area contributed by atoms with E-state index in [9.17, 15) is 9.59 Å². The minimum atomic E-state index is -0.534. The van der Waals surface area contributed by atoms with Crippen molar-refractivity contribution in [1.29, 1.82) is 0 Å². The Morgan fingerprint density at radius 3 is 2.35 bits per heavy atom. The lowest BCUT2D eigenvalue weighted by molar-refractivity contribution is -0.143. The summed E-state index contributed by atoms with van der Waals surface area (Å²) in [5.74, 6) is -0.00630. The Kier molecular flexibility index (Phi) is 7.48. The SMILES string of the molecule is CCOC(=O)CC(NC(=O)c1ccccc1Cl)c1ccc(OCC)cc1. The van der Waals surface area contributed by atoms with Crippen LogP contribution in [-0.4, -0.2) is 25.1 Å². The molecule has 0 heterocycles. The van der Waals surface area contributed by atoms with Crippen LogP contribution < -0.4 is 10.1 Å². The largest absolute Gasteiger partial charge is 0.494 e. The molecule has 6 heteroatoms. The monoisotopic (exact) mass is 375 g/mol. The molecule has 0 aromatic heterocycles. The number of hydrogen-bond donors (Lipinski definition) is 1. The molecule has 0 aliphatic heterocycles. The molecule has 2 rings (SSSR count). The highest BCUT2D eigenvalue weighted by Crippen LogP contribution is 2.23. The Labute approximate surface area is 158 Å². The minimum absolute atomic E-state index is 0.0258. The summed E-state index contributed by atoms with van der Waals surface area (Å²) in [5.41, 5.74) is 1.14. The Balaban J connectivity index is 2.21. The quantitative estimate of drug-likeness (QED) is 0.703. The average molecular weight is 376 g/mol. The van der Waals surface area contributed by atoms with Crippen molar-refractivity contribution >= 4 is 23.5 Å². The first kappa shape index (κ1) is 19.8. The molecule has 5 nitrogen and oxygen atoms in total. The first-order valence-electron chi connectivity index (χ1n) is 8.48. The number of ether oxygens (including phenoxy) is 2. The molecule has 0 radical (unpaired) electrons. The lowest BCUT2D eigenvalue weighted by atomic mass is 10.0. The third kappa shape index (κ3) is 5.49. The maximum Gasteiger partial charge on any atom is 0.308 e. The van der Waals surface area contributed by atoms with Gasteiger partial charge in [-0.2, -0.15) is 0 Å². The highest BCUT2D eigenvalue weighted by Gasteiger charge is 2.21. The summed E-state index contributed by atoms with van der Waals surface area (Å²) in [4.78, 5) is 24.5. The van der Waals surface area contributed by atoms with Crippen molar-refractivity contribution in [2.45, 2.75) is 26.3 Å². The zero-order valence-corrected chi connectivity index (χ0v) is 15.6. The number of rotatable bonds is 8. The molecule has 2 aromatic carbocycles. The van der Waals surface area contributed by atoms with Gasteiger partial charge in [0, 0.05) is 0 Å². The van der Waals surface area contributed by atoms with E-state index < -0.39 is 6.04 Å². The Morgan fingerprint density at radius 2 is 1.73 bits per heavy atom. The van der Waals surface area contributed by atoms with E-state index >= 15 is 0 Å². The summed E-state index contributed by atoms with van der Waals surface area (Å²) in [6.07, 6.45) is 0.0258. The summed E-state index contributed by atoms with van der Waals surface area (Å²) in [7, 11) is 0. The van der Waals surface area contributed by atoms with Crippen LogP contribution in [0.2, 0.25) is 5.02 Å². The van der Waals surface area contributed by atoms with Crippen molar-refractivity contribution < 1.29 is 19.1 Å². The smallest absolute Gasteiger partial charge is 0.308 e. The molecule has 1 unspecified atom stereocenters. The minimum Gasteiger partial charge on any atom is -0.494 e. The van der Waals surface area contributed by atoms with Crippen LogP contribution in [0.1, 0.15) is 42.2 Å². The van der Waals surface area contributed by atoms with Crippen LogP contribution in [0.3, 0.4) is 0 Å². The fraction of sp³-hybridized carbons (Fsp3) is 0.300. The van der Waals surface area contributed by atoms with Crippen LogP contribution in [-0.2, 0) is 9.53 Å². The van der Waals surface area contributed by atoms with Gasteiger partial charge in [-0.15, -0.1) is 0 Å². The Bertz CT molecular complexity index is 746. The van der Waals surface area contributed by atoms with Gasteiger partial charge in [0.15, 0.2) is 0 Å². The number of carbonyl (C=O) groups is 2. The first-order valence-corrected chi connectivity index (χ1v) is 8.86. The molecular formula is C20H22ClNO4. The van der Waals surface area contributed by atoms with E-state index in [1.165, 1.54) is 0 Å². The van der Waals surface area contributed by atoms with E-state index in [4.69, 9.17) is 21.1 Å². The molecule has 0 aliphatic carbocycles. The van der Waals surface area contributed by atoms with Gasteiger partial charge in [-0.25, -0.2) is 0 Å². The number of hydrogen-bond acceptors (Lipinski definition) is 4. The molecule has 0 saturated carbocycles. The Morgan fingerprint density at radius 1 is 1.04 bits per heavy atom. The van der Waals surface area contributed by atoms with Gasteiger partial charge >= 0.3 is 5.97 Å². The molecule has 1 atom stereocenters. The predicted molar refractivity (Wildman–Crippen MR) is 101 cm³/mol. The zero-order chi connectivity index (χ0) is 18.9. The van der Waals surface area contributed by atoms with Crippen molar-refractivity contribution in [2.24, 2.45) is 0 Å². The number of esters is 1. The maximum atomic E-state index is 12.6. The summed E-state index contributed by atoms with van der Waals surface area (Å²) in [5, 5.41) is 3.22. The second-order valence-corrected chi connectivity index (χ2v) is 5.92. The lowest BCUT2D eigenvalue weighted by Gasteiger charge is -2.19. The topological polar surface area (TPSA) is 64.6 Å². The van der Waals surface area contributed by atoms with Crippen LogP contribution in [0.15, 0.2) is 48.5 Å². The average Bonchev–Trinajstić information content (AvgIpc) is 2.62. The Hall–Kier alpha value is -2.53. The number of carbonyl (C=O) groups excluding carboxylic acids is 2. The summed E-state index contributed by atoms with van der Waals surface area (Å²) < 4.78 is 10.5. The third-order valence-electron chi connectivity index (χ3n) is 3.69. The van der Waals surface area contributed by atoms with Crippen molar-refractivity contribution in [3.63, 3.8) is 0 Å². The molecule has 0 fully saturated rings. The normalized spacial score (nSPS) is 11.5. The summed E-state index contributed by atoms with van der Waals surface area (Å²) >= 11 is 6.09. The molecule has 0 spiro atoms. The predicted octanol–water partition coefficient (Wildman–Crippen LogP) is 4.16. The summed E-state index contributed by atoms with van der Waals surface area (Å²) in [6, 6.07) is 13.5. The molecule has 0 bridgehead atoms. The van der Waals surface area contributed by atoms with E-state index in [0.717, 1.165) is 11.3 Å². The number of amides is 1. The van der Waals surface area contributed by atoms with Gasteiger partial charge in [0.2, 0.25) is 0 Å². The van der Waals surface area contributed by atoms with Crippen LogP contribution in [0.4, 0.5) is 0 Å². The van der Waals surface area contributed by atoms with Gasteiger partial charge in [-0.05, 0) is 43.7 Å². The van der Waals surface area contributed by atoms with Crippen LogP contribution >= 0.6 is 11.6 Å². The van der Waals surface area contributed by atoms with E-state index in [1.807, 2.05) is 19.1 Å². The number of nitrogens with one attached hydrogen (secondary N) is 1. The first-order chi connectivity index (χ1) is 12.5. The molecule has 0 aliphatic rings. The van der Waals surface area contributed by atoms with Crippen LogP contribution in [0, 0.1) is 0 Å². The fourth-order valence-electron chi connectivity index (χ4n) is 2.48. The molecule has 2 aromatic rings. The van der Waals surface area contributed by atoms with Crippen molar-refractivity contribution in [2.75, 3.05) is 13.2 Å². The molecular weight excluding hydrogens is 354 g/mol. The standard InChI is InChI=1S/C20H22ClNO4/c1-3-25-15-11-9-14(10-12-15)18(13-19(23)26-4-2)22-20(24)16-7-5-6-8-17(16)21/h5-12,18H,3-4,13H2,1-2H3,(H,22,24). The van der Waals surface area contributed by atoms with Crippen molar-refractivity contribution in [3.8, 4) is 5.75 Å². The summed E-state index contributed by atoms with van der Waals surface area (Å²) in [6.45, 7) is 4.50. The fourth-order valence-corrected chi connectivity index (χ4v) is 2.70. The van der Waals surface area contributed by atoms with Gasteiger partial charge in [-0.3, -0.25) is 9.59 Å². The van der Waals surface area contributed by atoms with Gasteiger partial charge in [0.25, 0.3) is 5.91 Å². The van der Waals surface area contributed by atoms with Crippen LogP contribution in [0.25, 0.3) is 0 Å². The highest BCUT2D eigenvalue weighted by molar-refractivity contribution is 6.33. The van der Waals surface area contributed by atoms with Crippen molar-refractivity contribution in [1.82, 2.24) is 5.32 Å². The maximum absolute atomic E-state index is 12.6. The molecule has 138 valence electrons. The molecule has 1 amide bonds. The second-order valence-electron chi connectivity index (χ2n) is 5.52. The molecule has 1 N–H and O–H groups in total. The zero-order valence-electron chi connectivity index (χ0n) is 14.8. The highest BCUT2D eigenvalue weighted by atomic mass is 35.5. The third-order valence-corrected chi connectivity index (χ3v) is 4.02.